The minimum absolute atomic E-state index is 0.0446. The Kier molecular flexibility index (Phi) is 7.24. The molecule has 0 aliphatic heterocycles. The van der Waals surface area contributed by atoms with E-state index in [4.69, 9.17) is 9.47 Å². The molecule has 1 aromatic heterocycles. The summed E-state index contributed by atoms with van der Waals surface area (Å²) in [5.74, 6) is 0.833. The van der Waals surface area contributed by atoms with Gasteiger partial charge in [-0.2, -0.15) is 5.26 Å². The Morgan fingerprint density at radius 2 is 1.73 bits per heavy atom. The first-order chi connectivity index (χ1) is 15.8. The molecule has 0 unspecified atom stereocenters. The Balaban J connectivity index is 1.85. The molecule has 0 saturated carbocycles. The van der Waals surface area contributed by atoms with Crippen molar-refractivity contribution in [3.63, 3.8) is 0 Å². The monoisotopic (exact) mass is 443 g/mol. The van der Waals surface area contributed by atoms with Crippen molar-refractivity contribution < 1.29 is 14.3 Å². The van der Waals surface area contributed by atoms with Gasteiger partial charge in [-0.05, 0) is 80.8 Å². The molecule has 6 heteroatoms. The number of rotatable bonds is 7. The Hall–Kier alpha value is -3.98. The molecule has 0 saturated heterocycles. The molecular weight excluding hydrogens is 414 g/mol. The minimum atomic E-state index is -0.438. The van der Waals surface area contributed by atoms with Crippen LogP contribution in [0.25, 0.3) is 11.8 Å². The van der Waals surface area contributed by atoms with Gasteiger partial charge in [-0.1, -0.05) is 6.07 Å². The second kappa shape index (κ2) is 10.1. The van der Waals surface area contributed by atoms with Crippen LogP contribution in [0.15, 0.2) is 48.0 Å². The molecule has 3 aromatic rings. The van der Waals surface area contributed by atoms with E-state index >= 15 is 0 Å². The lowest BCUT2D eigenvalue weighted by atomic mass is 10.1. The highest BCUT2D eigenvalue weighted by Crippen LogP contribution is 2.26. The van der Waals surface area contributed by atoms with Crippen molar-refractivity contribution in [3.05, 3.63) is 81.7 Å². The largest absolute Gasteiger partial charge is 0.497 e. The van der Waals surface area contributed by atoms with Crippen LogP contribution in [-0.4, -0.2) is 24.7 Å². The first-order valence-electron chi connectivity index (χ1n) is 10.7. The molecule has 0 atom stereocenters. The predicted molar refractivity (Wildman–Crippen MR) is 130 cm³/mol. The zero-order valence-electron chi connectivity index (χ0n) is 19.9. The Morgan fingerprint density at radius 1 is 1.03 bits per heavy atom. The van der Waals surface area contributed by atoms with Gasteiger partial charge in [-0.15, -0.1) is 0 Å². The summed E-state index contributed by atoms with van der Waals surface area (Å²) >= 11 is 0. The third kappa shape index (κ3) is 5.27. The molecule has 170 valence electrons. The molecule has 2 aromatic carbocycles. The number of hydrogen-bond acceptors (Lipinski definition) is 4. The van der Waals surface area contributed by atoms with E-state index < -0.39 is 5.91 Å². The molecule has 0 radical (unpaired) electrons. The van der Waals surface area contributed by atoms with Crippen LogP contribution in [0.1, 0.15) is 33.6 Å². The molecule has 1 N–H and O–H groups in total. The van der Waals surface area contributed by atoms with Crippen LogP contribution in [0.4, 0.5) is 0 Å². The van der Waals surface area contributed by atoms with Crippen LogP contribution in [0.5, 0.6) is 11.5 Å². The van der Waals surface area contributed by atoms with Gasteiger partial charge < -0.3 is 19.4 Å². The van der Waals surface area contributed by atoms with E-state index in [1.165, 1.54) is 11.1 Å². The Bertz CT molecular complexity index is 1240. The highest BCUT2D eigenvalue weighted by Gasteiger charge is 2.15. The summed E-state index contributed by atoms with van der Waals surface area (Å²) in [6.07, 6.45) is 1.64. The van der Waals surface area contributed by atoms with Gasteiger partial charge in [0, 0.05) is 35.2 Å². The number of aryl methyl sites for hydroxylation is 3. The molecular formula is C27H29N3O3. The van der Waals surface area contributed by atoms with Crippen molar-refractivity contribution in [2.45, 2.75) is 34.2 Å². The summed E-state index contributed by atoms with van der Waals surface area (Å²) in [7, 11) is 3.14. The van der Waals surface area contributed by atoms with Crippen LogP contribution in [-0.2, 0) is 11.3 Å². The highest BCUT2D eigenvalue weighted by molar-refractivity contribution is 6.01. The number of carbonyl (C=O) groups is 1. The van der Waals surface area contributed by atoms with Gasteiger partial charge in [0.15, 0.2) is 0 Å². The van der Waals surface area contributed by atoms with E-state index in [-0.39, 0.29) is 12.1 Å². The second-order valence-electron chi connectivity index (χ2n) is 8.04. The average Bonchev–Trinajstić information content (AvgIpc) is 3.07. The summed E-state index contributed by atoms with van der Waals surface area (Å²) in [4.78, 5) is 12.8. The van der Waals surface area contributed by atoms with E-state index in [0.717, 1.165) is 28.2 Å². The molecule has 0 bridgehead atoms. The molecule has 1 heterocycles. The predicted octanol–water partition coefficient (Wildman–Crippen LogP) is 4.95. The normalized spacial score (nSPS) is 11.1. The Labute approximate surface area is 195 Å². The minimum Gasteiger partial charge on any atom is -0.497 e. The SMILES string of the molecule is COc1ccc(CNC(=O)/C(C#N)=C/c2cc(C)n(-c3cc(C)cc(C)c3)c2C)c(OC)c1. The number of aromatic nitrogens is 1. The molecule has 3 rings (SSSR count). The number of nitrogens with one attached hydrogen (secondary N) is 1. The van der Waals surface area contributed by atoms with Gasteiger partial charge in [0.05, 0.1) is 14.2 Å². The summed E-state index contributed by atoms with van der Waals surface area (Å²) in [5.41, 5.74) is 7.10. The zero-order chi connectivity index (χ0) is 24.1. The standard InChI is InChI=1S/C27H29N3O3/c1-17-9-18(2)11-24(10-17)30-19(3)12-22(20(30)4)13-23(15-28)27(31)29-16-21-7-8-25(32-5)14-26(21)33-6/h7-14H,16H2,1-6H3,(H,29,31)/b23-13+. The number of nitriles is 1. The fourth-order valence-corrected chi connectivity index (χ4v) is 3.98. The number of benzene rings is 2. The van der Waals surface area contributed by atoms with Crippen molar-refractivity contribution in [1.82, 2.24) is 9.88 Å². The van der Waals surface area contributed by atoms with E-state index in [1.54, 1.807) is 32.4 Å². The molecule has 0 aliphatic carbocycles. The van der Waals surface area contributed by atoms with Crippen molar-refractivity contribution in [2.24, 2.45) is 0 Å². The fraction of sp³-hybridized carbons (Fsp3) is 0.259. The van der Waals surface area contributed by atoms with Gasteiger partial charge >= 0.3 is 0 Å². The summed E-state index contributed by atoms with van der Waals surface area (Å²) in [5, 5.41) is 12.5. The van der Waals surface area contributed by atoms with Crippen LogP contribution in [0.2, 0.25) is 0 Å². The molecule has 0 fully saturated rings. The van der Waals surface area contributed by atoms with E-state index in [1.807, 2.05) is 32.0 Å². The van der Waals surface area contributed by atoms with Crippen LogP contribution >= 0.6 is 0 Å². The first kappa shape index (κ1) is 23.7. The van der Waals surface area contributed by atoms with Crippen molar-refractivity contribution in [3.8, 4) is 23.3 Å². The highest BCUT2D eigenvalue weighted by atomic mass is 16.5. The van der Waals surface area contributed by atoms with Gasteiger partial charge in [0.1, 0.15) is 23.1 Å². The number of carbonyl (C=O) groups excluding carboxylic acids is 1. The lowest BCUT2D eigenvalue weighted by Crippen LogP contribution is -2.24. The number of nitrogens with zero attached hydrogens (tertiary/aromatic N) is 2. The van der Waals surface area contributed by atoms with E-state index in [2.05, 4.69) is 41.9 Å². The molecule has 33 heavy (non-hydrogen) atoms. The van der Waals surface area contributed by atoms with Crippen molar-refractivity contribution in [2.75, 3.05) is 14.2 Å². The molecule has 0 spiro atoms. The number of hydrogen-bond donors (Lipinski definition) is 1. The third-order valence-corrected chi connectivity index (χ3v) is 5.53. The maximum atomic E-state index is 12.8. The quantitative estimate of drug-likeness (QED) is 0.414. The van der Waals surface area contributed by atoms with Crippen molar-refractivity contribution >= 4 is 12.0 Å². The molecule has 1 amide bonds. The van der Waals surface area contributed by atoms with E-state index in [9.17, 15) is 10.1 Å². The summed E-state index contributed by atoms with van der Waals surface area (Å²) in [6, 6.07) is 15.8. The smallest absolute Gasteiger partial charge is 0.262 e. The van der Waals surface area contributed by atoms with Gasteiger partial charge in [0.25, 0.3) is 5.91 Å². The topological polar surface area (TPSA) is 76.3 Å². The van der Waals surface area contributed by atoms with E-state index in [0.29, 0.717) is 11.5 Å². The maximum absolute atomic E-state index is 12.8. The summed E-state index contributed by atoms with van der Waals surface area (Å²) < 4.78 is 12.7. The molecule has 6 nitrogen and oxygen atoms in total. The zero-order valence-corrected chi connectivity index (χ0v) is 19.9. The number of ether oxygens (including phenoxy) is 2. The average molecular weight is 444 g/mol. The van der Waals surface area contributed by atoms with Gasteiger partial charge in [-0.25, -0.2) is 0 Å². The first-order valence-corrected chi connectivity index (χ1v) is 10.7. The Morgan fingerprint density at radius 3 is 2.33 bits per heavy atom. The summed E-state index contributed by atoms with van der Waals surface area (Å²) in [6.45, 7) is 8.38. The van der Waals surface area contributed by atoms with Crippen LogP contribution in [0, 0.1) is 39.0 Å². The lowest BCUT2D eigenvalue weighted by Gasteiger charge is -2.12. The van der Waals surface area contributed by atoms with Gasteiger partial charge in [0.2, 0.25) is 0 Å². The molecule has 0 aliphatic rings. The number of methoxy groups -OCH3 is 2. The fourth-order valence-electron chi connectivity index (χ4n) is 3.98. The van der Waals surface area contributed by atoms with Crippen LogP contribution < -0.4 is 14.8 Å². The number of amides is 1. The third-order valence-electron chi connectivity index (χ3n) is 5.53. The van der Waals surface area contributed by atoms with Crippen LogP contribution in [0.3, 0.4) is 0 Å². The second-order valence-corrected chi connectivity index (χ2v) is 8.04. The van der Waals surface area contributed by atoms with Gasteiger partial charge in [-0.3, -0.25) is 4.79 Å². The van der Waals surface area contributed by atoms with Crippen molar-refractivity contribution in [1.29, 1.82) is 5.26 Å². The maximum Gasteiger partial charge on any atom is 0.262 e. The lowest BCUT2D eigenvalue weighted by molar-refractivity contribution is -0.117.